The number of esters is 1. The molecule has 0 spiro atoms. The summed E-state index contributed by atoms with van der Waals surface area (Å²) in [5, 5.41) is 11.2. The number of oxazole rings is 1. The molecule has 10 heteroatoms. The molecule has 0 saturated carbocycles. The van der Waals surface area contributed by atoms with E-state index < -0.39 is 17.9 Å². The number of nitrogens with one attached hydrogen (secondary N) is 1. The molecule has 0 aliphatic heterocycles. The second-order valence-corrected chi connectivity index (χ2v) is 9.72. The lowest BCUT2D eigenvalue weighted by Gasteiger charge is -2.13. The molecule has 3 aromatic carbocycles. The molecule has 196 valence electrons. The summed E-state index contributed by atoms with van der Waals surface area (Å²) in [4.78, 5) is 31.0. The van der Waals surface area contributed by atoms with Crippen LogP contribution >= 0.6 is 11.8 Å². The van der Waals surface area contributed by atoms with Gasteiger partial charge in [0, 0.05) is 16.0 Å². The zero-order valence-electron chi connectivity index (χ0n) is 21.4. The molecule has 1 amide bonds. The zero-order chi connectivity index (χ0) is 27.4. The predicted octanol–water partition coefficient (Wildman–Crippen LogP) is 5.80. The molecule has 1 atom stereocenters. The van der Waals surface area contributed by atoms with E-state index in [0.717, 1.165) is 21.6 Å². The number of aromatic nitrogens is 3. The van der Waals surface area contributed by atoms with Crippen molar-refractivity contribution in [2.45, 2.75) is 29.9 Å². The van der Waals surface area contributed by atoms with E-state index in [9.17, 15) is 9.59 Å². The van der Waals surface area contributed by atoms with Crippen LogP contribution in [0.25, 0.3) is 23.0 Å². The first-order valence-electron chi connectivity index (χ1n) is 12.0. The van der Waals surface area contributed by atoms with Crippen molar-refractivity contribution in [2.75, 3.05) is 7.11 Å². The van der Waals surface area contributed by atoms with E-state index in [1.807, 2.05) is 68.4 Å². The Hall–Kier alpha value is -4.70. The van der Waals surface area contributed by atoms with Gasteiger partial charge in [-0.3, -0.25) is 4.79 Å². The maximum Gasteiger partial charge on any atom is 0.338 e. The van der Waals surface area contributed by atoms with Crippen LogP contribution in [0.4, 0.5) is 0 Å². The first-order chi connectivity index (χ1) is 18.9. The summed E-state index contributed by atoms with van der Waals surface area (Å²) in [6.45, 7) is 3.93. The topological polar surface area (TPSA) is 120 Å². The fourth-order valence-corrected chi connectivity index (χ4v) is 4.47. The summed E-state index contributed by atoms with van der Waals surface area (Å²) < 4.78 is 16.9. The predicted molar refractivity (Wildman–Crippen MR) is 144 cm³/mol. The summed E-state index contributed by atoms with van der Waals surface area (Å²) in [7, 11) is 1.21. The van der Waals surface area contributed by atoms with E-state index in [4.69, 9.17) is 13.6 Å². The molecular formula is C29H24N4O5S. The SMILES string of the molecule is COC(=O)[C@@H](NC(=O)c1ccc(C)cc1)c1nnc(-c2nc(-c3ccccc3)oc2Sc2ccc(C)cc2)o1. The van der Waals surface area contributed by atoms with Gasteiger partial charge in [0.15, 0.2) is 10.8 Å². The molecular weight excluding hydrogens is 516 g/mol. The lowest BCUT2D eigenvalue weighted by atomic mass is 10.1. The number of carbonyl (C=O) groups is 2. The van der Waals surface area contributed by atoms with Crippen LogP contribution < -0.4 is 5.32 Å². The van der Waals surface area contributed by atoms with Gasteiger partial charge in [0.2, 0.25) is 11.9 Å². The second-order valence-electron chi connectivity index (χ2n) is 8.68. The summed E-state index contributed by atoms with van der Waals surface area (Å²) >= 11 is 1.35. The van der Waals surface area contributed by atoms with Gasteiger partial charge < -0.3 is 18.9 Å². The van der Waals surface area contributed by atoms with Crippen molar-refractivity contribution in [3.8, 4) is 23.0 Å². The third-order valence-electron chi connectivity index (χ3n) is 5.76. The summed E-state index contributed by atoms with van der Waals surface area (Å²) in [6, 6.07) is 23.0. The van der Waals surface area contributed by atoms with E-state index >= 15 is 0 Å². The largest absolute Gasteiger partial charge is 0.467 e. The molecule has 5 rings (SSSR count). The maximum atomic E-state index is 12.8. The number of ether oxygens (including phenoxy) is 1. The van der Waals surface area contributed by atoms with Crippen molar-refractivity contribution >= 4 is 23.6 Å². The minimum absolute atomic E-state index is 0.0315. The highest BCUT2D eigenvalue weighted by Crippen LogP contribution is 2.39. The number of hydrogen-bond donors (Lipinski definition) is 1. The molecule has 0 saturated heterocycles. The molecule has 0 aliphatic rings. The standard InChI is InChI=1S/C29H24N4O5S/c1-17-9-13-19(14-10-17)24(34)30-22(28(35)36-3)26-32-33-27(37-26)23-29(39-21-15-11-18(2)12-16-21)38-25(31-23)20-7-5-4-6-8-20/h4-16,22H,1-3H3,(H,30,34)/t22-/m0/s1. The fourth-order valence-electron chi connectivity index (χ4n) is 3.63. The van der Waals surface area contributed by atoms with Gasteiger partial charge >= 0.3 is 5.97 Å². The van der Waals surface area contributed by atoms with Crippen molar-refractivity contribution in [3.63, 3.8) is 0 Å². The quantitative estimate of drug-likeness (QED) is 0.243. The smallest absolute Gasteiger partial charge is 0.338 e. The van der Waals surface area contributed by atoms with E-state index in [1.165, 1.54) is 18.9 Å². The number of carbonyl (C=O) groups excluding carboxylic acids is 2. The lowest BCUT2D eigenvalue weighted by molar-refractivity contribution is -0.143. The number of aryl methyl sites for hydroxylation is 2. The van der Waals surface area contributed by atoms with Gasteiger partial charge in [-0.2, -0.15) is 0 Å². The summed E-state index contributed by atoms with van der Waals surface area (Å²) in [5.41, 5.74) is 3.58. The molecule has 5 aromatic rings. The third-order valence-corrected chi connectivity index (χ3v) is 6.73. The van der Waals surface area contributed by atoms with E-state index in [1.54, 1.807) is 24.3 Å². The van der Waals surface area contributed by atoms with Crippen molar-refractivity contribution in [2.24, 2.45) is 0 Å². The molecule has 39 heavy (non-hydrogen) atoms. The number of hydrogen-bond acceptors (Lipinski definition) is 9. The normalized spacial score (nSPS) is 11.7. The van der Waals surface area contributed by atoms with E-state index in [2.05, 4.69) is 20.5 Å². The first-order valence-corrected chi connectivity index (χ1v) is 12.8. The number of nitrogens with zero attached hydrogens (tertiary/aromatic N) is 3. The van der Waals surface area contributed by atoms with Crippen LogP contribution in [-0.4, -0.2) is 34.2 Å². The summed E-state index contributed by atoms with van der Waals surface area (Å²) in [5.74, 6) is -0.993. The molecule has 2 aromatic heterocycles. The average Bonchev–Trinajstić information content (AvgIpc) is 3.61. The van der Waals surface area contributed by atoms with Crippen molar-refractivity contribution < 1.29 is 23.2 Å². The van der Waals surface area contributed by atoms with Gasteiger partial charge in [-0.25, -0.2) is 9.78 Å². The van der Waals surface area contributed by atoms with Crippen LogP contribution in [0.5, 0.6) is 0 Å². The van der Waals surface area contributed by atoms with Crippen LogP contribution in [-0.2, 0) is 9.53 Å². The minimum atomic E-state index is -1.32. The molecule has 9 nitrogen and oxygen atoms in total. The molecule has 0 bridgehead atoms. The molecule has 0 unspecified atom stereocenters. The van der Waals surface area contributed by atoms with Gasteiger partial charge in [-0.05, 0) is 62.0 Å². The molecule has 1 N–H and O–H groups in total. The van der Waals surface area contributed by atoms with Crippen LogP contribution in [0, 0.1) is 13.8 Å². The lowest BCUT2D eigenvalue weighted by Crippen LogP contribution is -2.34. The Kier molecular flexibility index (Phi) is 7.55. The Bertz CT molecular complexity index is 1600. The molecule has 0 radical (unpaired) electrons. The van der Waals surface area contributed by atoms with Gasteiger partial charge in [0.25, 0.3) is 17.7 Å². The monoisotopic (exact) mass is 540 g/mol. The average molecular weight is 541 g/mol. The van der Waals surface area contributed by atoms with Crippen molar-refractivity contribution in [3.05, 3.63) is 101 Å². The van der Waals surface area contributed by atoms with Gasteiger partial charge in [0.05, 0.1) is 7.11 Å². The van der Waals surface area contributed by atoms with Crippen molar-refractivity contribution in [1.29, 1.82) is 0 Å². The molecule has 0 fully saturated rings. The molecule has 0 aliphatic carbocycles. The Labute approximate surface area is 228 Å². The highest BCUT2D eigenvalue weighted by Gasteiger charge is 2.31. The minimum Gasteiger partial charge on any atom is -0.467 e. The number of methoxy groups -OCH3 is 1. The first kappa shape index (κ1) is 25.9. The number of amides is 1. The zero-order valence-corrected chi connectivity index (χ0v) is 22.2. The van der Waals surface area contributed by atoms with Gasteiger partial charge in [-0.1, -0.05) is 53.6 Å². The Morgan fingerprint density at radius 2 is 1.51 bits per heavy atom. The summed E-state index contributed by atoms with van der Waals surface area (Å²) in [6.07, 6.45) is 0. The highest BCUT2D eigenvalue weighted by molar-refractivity contribution is 7.99. The fraction of sp³-hybridized carbons (Fsp3) is 0.138. The van der Waals surface area contributed by atoms with Crippen LogP contribution in [0.2, 0.25) is 0 Å². The third kappa shape index (κ3) is 5.91. The van der Waals surface area contributed by atoms with Crippen LogP contribution in [0.15, 0.2) is 97.7 Å². The van der Waals surface area contributed by atoms with Gasteiger partial charge in [0.1, 0.15) is 0 Å². The second kappa shape index (κ2) is 11.4. The maximum absolute atomic E-state index is 12.8. The molecule has 2 heterocycles. The van der Waals surface area contributed by atoms with E-state index in [0.29, 0.717) is 22.2 Å². The Balaban J connectivity index is 1.49. The Morgan fingerprint density at radius 1 is 0.846 bits per heavy atom. The van der Waals surface area contributed by atoms with Gasteiger partial charge in [-0.15, -0.1) is 10.2 Å². The van der Waals surface area contributed by atoms with Crippen LogP contribution in [0.3, 0.4) is 0 Å². The Morgan fingerprint density at radius 3 is 2.18 bits per heavy atom. The van der Waals surface area contributed by atoms with E-state index in [-0.39, 0.29) is 11.8 Å². The van der Waals surface area contributed by atoms with Crippen LogP contribution in [0.1, 0.15) is 33.4 Å². The number of rotatable bonds is 8. The van der Waals surface area contributed by atoms with Crippen molar-refractivity contribution in [1.82, 2.24) is 20.5 Å². The highest BCUT2D eigenvalue weighted by atomic mass is 32.2. The number of benzene rings is 3.